The van der Waals surface area contributed by atoms with Crippen LogP contribution in [-0.4, -0.2) is 10.1 Å². The first-order valence-electron chi connectivity index (χ1n) is 5.80. The van der Waals surface area contributed by atoms with E-state index in [-0.39, 0.29) is 0 Å². The molecule has 1 aromatic carbocycles. The third kappa shape index (κ3) is 3.10. The van der Waals surface area contributed by atoms with Gasteiger partial charge in [0.15, 0.2) is 0 Å². The fourth-order valence-electron chi connectivity index (χ4n) is 1.82. The molecule has 2 rings (SSSR count). The van der Waals surface area contributed by atoms with Crippen LogP contribution in [0.3, 0.4) is 0 Å². The van der Waals surface area contributed by atoms with E-state index in [0.717, 1.165) is 16.3 Å². The van der Waals surface area contributed by atoms with Crippen LogP contribution < -0.4 is 0 Å². The standard InChI is InChI=1S/C14H16INOS/c1-9-10(2)18-13(16-9)8-14(3,17)11-4-6-12(15)7-5-11/h4-7,17H,8H2,1-3H3. The highest BCUT2D eigenvalue weighted by Gasteiger charge is 2.25. The molecule has 0 saturated heterocycles. The Balaban J connectivity index is 2.23. The third-order valence-electron chi connectivity index (χ3n) is 3.03. The quantitative estimate of drug-likeness (QED) is 0.830. The van der Waals surface area contributed by atoms with E-state index in [2.05, 4.69) is 34.5 Å². The van der Waals surface area contributed by atoms with Crippen molar-refractivity contribution in [3.05, 3.63) is 49.0 Å². The van der Waals surface area contributed by atoms with E-state index in [1.165, 1.54) is 8.45 Å². The number of halogens is 1. The van der Waals surface area contributed by atoms with Gasteiger partial charge in [-0.1, -0.05) is 12.1 Å². The summed E-state index contributed by atoms with van der Waals surface area (Å²) in [6.07, 6.45) is 0.562. The molecular weight excluding hydrogens is 357 g/mol. The van der Waals surface area contributed by atoms with E-state index < -0.39 is 5.60 Å². The molecule has 1 aromatic heterocycles. The fourth-order valence-corrected chi connectivity index (χ4v) is 3.26. The van der Waals surface area contributed by atoms with Crippen LogP contribution >= 0.6 is 33.9 Å². The Morgan fingerprint density at radius 3 is 2.39 bits per heavy atom. The van der Waals surface area contributed by atoms with Crippen molar-refractivity contribution in [2.24, 2.45) is 0 Å². The number of thiazole rings is 1. The summed E-state index contributed by atoms with van der Waals surface area (Å²) in [5.41, 5.74) is 1.14. The van der Waals surface area contributed by atoms with Crippen molar-refractivity contribution in [1.29, 1.82) is 0 Å². The maximum atomic E-state index is 10.6. The average Bonchev–Trinajstić information content (AvgIpc) is 2.57. The minimum absolute atomic E-state index is 0.562. The number of aromatic nitrogens is 1. The third-order valence-corrected chi connectivity index (χ3v) is 4.83. The summed E-state index contributed by atoms with van der Waals surface area (Å²) in [5, 5.41) is 11.6. The molecule has 0 amide bonds. The van der Waals surface area contributed by atoms with E-state index in [0.29, 0.717) is 6.42 Å². The number of aliphatic hydroxyl groups is 1. The lowest BCUT2D eigenvalue weighted by Crippen LogP contribution is -2.24. The molecule has 0 fully saturated rings. The van der Waals surface area contributed by atoms with Crippen molar-refractivity contribution in [2.45, 2.75) is 32.8 Å². The van der Waals surface area contributed by atoms with Gasteiger partial charge in [-0.3, -0.25) is 0 Å². The maximum Gasteiger partial charge on any atom is 0.0962 e. The molecule has 96 valence electrons. The van der Waals surface area contributed by atoms with Crippen LogP contribution in [0.5, 0.6) is 0 Å². The highest BCUT2D eigenvalue weighted by molar-refractivity contribution is 14.1. The summed E-state index contributed by atoms with van der Waals surface area (Å²) in [6.45, 7) is 5.92. The van der Waals surface area contributed by atoms with Gasteiger partial charge in [0.05, 0.1) is 16.3 Å². The van der Waals surface area contributed by atoms with Crippen molar-refractivity contribution in [3.8, 4) is 0 Å². The Kier molecular flexibility index (Phi) is 4.08. The maximum absolute atomic E-state index is 10.6. The van der Waals surface area contributed by atoms with E-state index in [9.17, 15) is 5.11 Å². The van der Waals surface area contributed by atoms with Gasteiger partial charge in [-0.25, -0.2) is 4.98 Å². The molecule has 0 aliphatic carbocycles. The van der Waals surface area contributed by atoms with Crippen LogP contribution in [-0.2, 0) is 12.0 Å². The van der Waals surface area contributed by atoms with Gasteiger partial charge in [-0.15, -0.1) is 11.3 Å². The first-order chi connectivity index (χ1) is 8.38. The van der Waals surface area contributed by atoms with Crippen molar-refractivity contribution in [3.63, 3.8) is 0 Å². The number of hydrogen-bond acceptors (Lipinski definition) is 3. The minimum atomic E-state index is -0.860. The first kappa shape index (κ1) is 14.0. The second-order valence-electron chi connectivity index (χ2n) is 4.71. The van der Waals surface area contributed by atoms with Crippen molar-refractivity contribution < 1.29 is 5.11 Å². The molecule has 1 N–H and O–H groups in total. The largest absolute Gasteiger partial charge is 0.385 e. The van der Waals surface area contributed by atoms with Gasteiger partial charge in [0.1, 0.15) is 0 Å². The molecule has 0 radical (unpaired) electrons. The summed E-state index contributed by atoms with van der Waals surface area (Å²) < 4.78 is 1.17. The molecular formula is C14H16INOS. The lowest BCUT2D eigenvalue weighted by atomic mass is 9.93. The Morgan fingerprint density at radius 1 is 1.28 bits per heavy atom. The average molecular weight is 373 g/mol. The smallest absolute Gasteiger partial charge is 0.0962 e. The second-order valence-corrected chi connectivity index (χ2v) is 7.24. The topological polar surface area (TPSA) is 33.1 Å². The molecule has 1 atom stereocenters. The summed E-state index contributed by atoms with van der Waals surface area (Å²) >= 11 is 3.93. The fraction of sp³-hybridized carbons (Fsp3) is 0.357. The number of hydrogen-bond donors (Lipinski definition) is 1. The van der Waals surface area contributed by atoms with Gasteiger partial charge < -0.3 is 5.11 Å². The molecule has 1 heterocycles. The molecule has 0 saturated carbocycles. The SMILES string of the molecule is Cc1nc(CC(C)(O)c2ccc(I)cc2)sc1C. The summed E-state index contributed by atoms with van der Waals surface area (Å²) in [7, 11) is 0. The predicted octanol–water partition coefficient (Wildman–Crippen LogP) is 3.81. The first-order valence-corrected chi connectivity index (χ1v) is 7.69. The van der Waals surface area contributed by atoms with E-state index in [4.69, 9.17) is 0 Å². The molecule has 2 nitrogen and oxygen atoms in total. The van der Waals surface area contributed by atoms with E-state index in [1.807, 2.05) is 38.1 Å². The monoisotopic (exact) mass is 373 g/mol. The van der Waals surface area contributed by atoms with E-state index >= 15 is 0 Å². The van der Waals surface area contributed by atoms with Crippen LogP contribution in [0.1, 0.15) is 28.1 Å². The van der Waals surface area contributed by atoms with Gasteiger partial charge in [-0.05, 0) is 61.1 Å². The molecule has 1 unspecified atom stereocenters. The van der Waals surface area contributed by atoms with Gasteiger partial charge in [0, 0.05) is 14.9 Å². The zero-order valence-corrected chi connectivity index (χ0v) is 13.7. The number of benzene rings is 1. The van der Waals surface area contributed by atoms with Gasteiger partial charge in [-0.2, -0.15) is 0 Å². The summed E-state index contributed by atoms with van der Waals surface area (Å²) in [5.74, 6) is 0. The van der Waals surface area contributed by atoms with Gasteiger partial charge in [0.2, 0.25) is 0 Å². The van der Waals surface area contributed by atoms with Crippen molar-refractivity contribution in [2.75, 3.05) is 0 Å². The zero-order chi connectivity index (χ0) is 13.3. The molecule has 0 spiro atoms. The molecule has 4 heteroatoms. The predicted molar refractivity (Wildman–Crippen MR) is 84.0 cm³/mol. The Labute approximate surface area is 125 Å². The van der Waals surface area contributed by atoms with Crippen LogP contribution in [0.15, 0.2) is 24.3 Å². The molecule has 0 bridgehead atoms. The number of aryl methyl sites for hydroxylation is 2. The Hall–Kier alpha value is -0.460. The Morgan fingerprint density at radius 2 is 1.89 bits per heavy atom. The summed E-state index contributed by atoms with van der Waals surface area (Å²) in [6, 6.07) is 8.00. The molecule has 2 aromatic rings. The van der Waals surface area contributed by atoms with Crippen LogP contribution in [0.25, 0.3) is 0 Å². The van der Waals surface area contributed by atoms with E-state index in [1.54, 1.807) is 11.3 Å². The molecule has 0 aliphatic heterocycles. The van der Waals surface area contributed by atoms with Crippen molar-refractivity contribution >= 4 is 33.9 Å². The molecule has 18 heavy (non-hydrogen) atoms. The van der Waals surface area contributed by atoms with Crippen LogP contribution in [0, 0.1) is 17.4 Å². The van der Waals surface area contributed by atoms with Crippen LogP contribution in [0.4, 0.5) is 0 Å². The van der Waals surface area contributed by atoms with Crippen molar-refractivity contribution in [1.82, 2.24) is 4.98 Å². The normalized spacial score (nSPS) is 14.5. The number of nitrogens with zero attached hydrogens (tertiary/aromatic N) is 1. The lowest BCUT2D eigenvalue weighted by Gasteiger charge is -2.22. The van der Waals surface area contributed by atoms with Gasteiger partial charge >= 0.3 is 0 Å². The molecule has 0 aliphatic rings. The highest BCUT2D eigenvalue weighted by atomic mass is 127. The zero-order valence-electron chi connectivity index (χ0n) is 10.7. The van der Waals surface area contributed by atoms with Gasteiger partial charge in [0.25, 0.3) is 0 Å². The Bertz CT molecular complexity index is 526. The summed E-state index contributed by atoms with van der Waals surface area (Å²) in [4.78, 5) is 5.72. The highest BCUT2D eigenvalue weighted by Crippen LogP contribution is 2.28. The number of rotatable bonds is 3. The second kappa shape index (κ2) is 5.27. The lowest BCUT2D eigenvalue weighted by molar-refractivity contribution is 0.0575. The van der Waals surface area contributed by atoms with Crippen LogP contribution in [0.2, 0.25) is 0 Å². The minimum Gasteiger partial charge on any atom is -0.385 e.